The summed E-state index contributed by atoms with van der Waals surface area (Å²) in [5, 5.41) is 23.5. The molecule has 8 aliphatic rings. The quantitative estimate of drug-likeness (QED) is 0.123. The third kappa shape index (κ3) is 4.58. The first-order valence-electron chi connectivity index (χ1n) is 18.3. The Kier molecular flexibility index (Phi) is 6.16. The molecule has 248 valence electrons. The van der Waals surface area contributed by atoms with Gasteiger partial charge in [-0.1, -0.05) is 12.1 Å². The van der Waals surface area contributed by atoms with Crippen molar-refractivity contribution in [3.63, 3.8) is 0 Å². The summed E-state index contributed by atoms with van der Waals surface area (Å²) in [7, 11) is 0. The molecule has 6 N–H and O–H groups in total. The van der Waals surface area contributed by atoms with Gasteiger partial charge in [-0.2, -0.15) is 0 Å². The van der Waals surface area contributed by atoms with Crippen LogP contribution in [0.15, 0.2) is 60.7 Å². The Labute approximate surface area is 282 Å². The van der Waals surface area contributed by atoms with E-state index >= 15 is 0 Å². The summed E-state index contributed by atoms with van der Waals surface area (Å²) >= 11 is 0. The van der Waals surface area contributed by atoms with Crippen molar-refractivity contribution in [2.45, 2.75) is 87.9 Å². The Bertz CT molecular complexity index is 1760. The first-order chi connectivity index (χ1) is 23.2. The number of nitrogens with two attached hydrogens (primary N) is 2. The van der Waals surface area contributed by atoms with Gasteiger partial charge >= 0.3 is 0 Å². The summed E-state index contributed by atoms with van der Waals surface area (Å²) in [6, 6.07) is 19.7. The van der Waals surface area contributed by atoms with E-state index < -0.39 is 0 Å². The van der Waals surface area contributed by atoms with Gasteiger partial charge in [0, 0.05) is 23.3 Å². The second-order valence-corrected chi connectivity index (χ2v) is 17.1. The molecule has 8 fully saturated rings. The van der Waals surface area contributed by atoms with Gasteiger partial charge in [-0.25, -0.2) is 0 Å². The number of rotatable bonds is 6. The van der Waals surface area contributed by atoms with Crippen LogP contribution in [0.4, 0.5) is 11.4 Å². The van der Waals surface area contributed by atoms with Crippen LogP contribution >= 0.6 is 0 Å². The van der Waals surface area contributed by atoms with Gasteiger partial charge in [0.1, 0.15) is 34.5 Å². The van der Waals surface area contributed by atoms with Crippen molar-refractivity contribution >= 4 is 22.1 Å². The molecule has 0 unspecified atom stereocenters. The van der Waals surface area contributed by atoms with Crippen LogP contribution in [0.5, 0.6) is 34.5 Å². The van der Waals surface area contributed by atoms with Crippen LogP contribution in [-0.4, -0.2) is 10.2 Å². The fourth-order valence-electron chi connectivity index (χ4n) is 12.6. The van der Waals surface area contributed by atoms with Gasteiger partial charge in [0.05, 0.1) is 11.4 Å². The minimum atomic E-state index is 0.0662. The fourth-order valence-corrected chi connectivity index (χ4v) is 12.6. The number of fused-ring (bicyclic) bond motifs is 1. The molecule has 0 heterocycles. The van der Waals surface area contributed by atoms with Crippen molar-refractivity contribution in [3.05, 3.63) is 71.8 Å². The maximum absolute atomic E-state index is 10.7. The second-order valence-electron chi connectivity index (χ2n) is 17.1. The molecule has 12 rings (SSSR count). The van der Waals surface area contributed by atoms with Gasteiger partial charge in [-0.15, -0.1) is 0 Å². The standard InChI is InChI=1S/C42H46N2O4/c43-35-13-33(41-17-23-5-24(18-41)7-25(6-23)19-41)39(15-37(35)45)47-31-3-1-29-2-4-32(12-30(29)11-31)48-40-16-38(46)36(44)14-34(40)42-20-26-8-27(21-42)10-28(9-26)22-42/h1-4,11-16,23-28,45-46H,5-10,17-22,43-44H2. The minimum Gasteiger partial charge on any atom is -0.506 e. The molecule has 0 atom stereocenters. The van der Waals surface area contributed by atoms with Crippen LogP contribution in [0.2, 0.25) is 0 Å². The molecule has 0 amide bonds. The van der Waals surface area contributed by atoms with Crippen molar-refractivity contribution in [1.82, 2.24) is 0 Å². The van der Waals surface area contributed by atoms with E-state index in [-0.39, 0.29) is 22.3 Å². The van der Waals surface area contributed by atoms with Gasteiger partial charge in [0.25, 0.3) is 0 Å². The second kappa shape index (κ2) is 10.2. The van der Waals surface area contributed by atoms with Gasteiger partial charge in [0.2, 0.25) is 0 Å². The van der Waals surface area contributed by atoms with Crippen LogP contribution in [0.25, 0.3) is 10.8 Å². The predicted molar refractivity (Wildman–Crippen MR) is 189 cm³/mol. The third-order valence-corrected chi connectivity index (χ3v) is 13.7. The highest BCUT2D eigenvalue weighted by atomic mass is 16.5. The summed E-state index contributed by atoms with van der Waals surface area (Å²) < 4.78 is 13.4. The Morgan fingerprint density at radius 3 is 1.19 bits per heavy atom. The van der Waals surface area contributed by atoms with Crippen LogP contribution in [0.3, 0.4) is 0 Å². The first kappa shape index (κ1) is 28.9. The van der Waals surface area contributed by atoms with E-state index in [0.717, 1.165) is 57.4 Å². The highest BCUT2D eigenvalue weighted by molar-refractivity contribution is 5.85. The lowest BCUT2D eigenvalue weighted by molar-refractivity contribution is -0.00611. The molecule has 0 aliphatic heterocycles. The first-order valence-corrected chi connectivity index (χ1v) is 18.3. The number of hydrogen-bond donors (Lipinski definition) is 4. The summed E-state index contributed by atoms with van der Waals surface area (Å²) in [6.45, 7) is 0. The molecule has 0 saturated heterocycles. The number of anilines is 2. The van der Waals surface area contributed by atoms with E-state index in [1.54, 1.807) is 12.1 Å². The van der Waals surface area contributed by atoms with E-state index in [1.807, 2.05) is 24.3 Å². The van der Waals surface area contributed by atoms with Gasteiger partial charge in [-0.3, -0.25) is 0 Å². The van der Waals surface area contributed by atoms with E-state index in [9.17, 15) is 10.2 Å². The lowest BCUT2D eigenvalue weighted by atomic mass is 9.48. The summed E-state index contributed by atoms with van der Waals surface area (Å²) in [4.78, 5) is 0. The van der Waals surface area contributed by atoms with Crippen molar-refractivity contribution < 1.29 is 19.7 Å². The highest BCUT2D eigenvalue weighted by Gasteiger charge is 2.54. The number of nitrogen functional groups attached to an aromatic ring is 2. The topological polar surface area (TPSA) is 111 Å². The number of aromatic hydroxyl groups is 2. The van der Waals surface area contributed by atoms with Crippen LogP contribution in [0, 0.1) is 35.5 Å². The lowest BCUT2D eigenvalue weighted by Crippen LogP contribution is -2.48. The number of phenols is 2. The van der Waals surface area contributed by atoms with Crippen molar-refractivity contribution in [3.8, 4) is 34.5 Å². The average Bonchev–Trinajstić information content (AvgIpc) is 3.03. The average molecular weight is 643 g/mol. The Balaban J connectivity index is 0.980. The molecule has 4 aromatic carbocycles. The Morgan fingerprint density at radius 1 is 0.479 bits per heavy atom. The highest BCUT2D eigenvalue weighted by Crippen LogP contribution is 2.64. The van der Waals surface area contributed by atoms with E-state index in [2.05, 4.69) is 24.3 Å². The molecular formula is C42H46N2O4. The van der Waals surface area contributed by atoms with E-state index in [0.29, 0.717) is 34.4 Å². The zero-order chi connectivity index (χ0) is 32.4. The molecule has 8 saturated carbocycles. The van der Waals surface area contributed by atoms with E-state index in [1.165, 1.54) is 77.0 Å². The van der Waals surface area contributed by atoms with Gasteiger partial charge < -0.3 is 31.2 Å². The van der Waals surface area contributed by atoms with Crippen LogP contribution in [0.1, 0.15) is 88.2 Å². The summed E-state index contributed by atoms with van der Waals surface area (Å²) in [5.74, 6) is 7.69. The zero-order valence-electron chi connectivity index (χ0n) is 27.6. The lowest BCUT2D eigenvalue weighted by Gasteiger charge is -2.57. The van der Waals surface area contributed by atoms with Gasteiger partial charge in [0.15, 0.2) is 0 Å². The maximum atomic E-state index is 10.7. The SMILES string of the molecule is Nc1cc(C23CC4CC(CC(C4)C2)C3)c(Oc2ccc3ccc(Oc4cc(O)c(N)cc4C45CC6CC(CC(C6)C4)C5)cc3c2)cc1O. The molecule has 4 aromatic rings. The van der Waals surface area contributed by atoms with Crippen LogP contribution < -0.4 is 20.9 Å². The smallest absolute Gasteiger partial charge is 0.142 e. The molecule has 6 heteroatoms. The van der Waals surface area contributed by atoms with Crippen LogP contribution in [-0.2, 0) is 10.8 Å². The number of benzene rings is 4. The molecule has 0 radical (unpaired) electrons. The normalized spacial score (nSPS) is 34.2. The Hall–Kier alpha value is -4.06. The summed E-state index contributed by atoms with van der Waals surface area (Å²) in [5.41, 5.74) is 16.0. The number of ether oxygens (including phenoxy) is 2. The van der Waals surface area contributed by atoms with E-state index in [4.69, 9.17) is 20.9 Å². The molecule has 48 heavy (non-hydrogen) atoms. The molecule has 0 spiro atoms. The molecular weight excluding hydrogens is 596 g/mol. The van der Waals surface area contributed by atoms with Crippen molar-refractivity contribution in [2.75, 3.05) is 11.5 Å². The fraction of sp³-hybridized carbons (Fsp3) is 0.476. The zero-order valence-corrected chi connectivity index (χ0v) is 27.6. The maximum Gasteiger partial charge on any atom is 0.142 e. The molecule has 6 nitrogen and oxygen atoms in total. The largest absolute Gasteiger partial charge is 0.506 e. The van der Waals surface area contributed by atoms with Crippen molar-refractivity contribution in [1.29, 1.82) is 0 Å². The predicted octanol–water partition coefficient (Wildman–Crippen LogP) is 9.94. The summed E-state index contributed by atoms with van der Waals surface area (Å²) in [6.07, 6.45) is 15.3. The minimum absolute atomic E-state index is 0.0662. The molecule has 8 bridgehead atoms. The van der Waals surface area contributed by atoms with Gasteiger partial charge in [-0.05, 0) is 171 Å². The Morgan fingerprint density at radius 2 is 0.833 bits per heavy atom. The molecule has 0 aromatic heterocycles. The monoisotopic (exact) mass is 642 g/mol. The van der Waals surface area contributed by atoms with Crippen molar-refractivity contribution in [2.24, 2.45) is 35.5 Å². The number of phenolic OH excluding ortho intramolecular Hbond substituents is 2. The molecule has 8 aliphatic carbocycles. The third-order valence-electron chi connectivity index (χ3n) is 13.7. The number of hydrogen-bond acceptors (Lipinski definition) is 6.